The number of rotatable bonds is 4. The number of carbonyl (C=O) groups is 1. The molecule has 2 nitrogen and oxygen atoms in total. The predicted molar refractivity (Wildman–Crippen MR) is 61.3 cm³/mol. The molecule has 1 aromatic rings. The molecule has 0 atom stereocenters. The van der Waals surface area contributed by atoms with Crippen LogP contribution in [0.25, 0.3) is 0 Å². The molecule has 2 heteroatoms. The van der Waals surface area contributed by atoms with E-state index in [0.29, 0.717) is 0 Å². The first-order valence-electron chi connectivity index (χ1n) is 5.96. The maximum atomic E-state index is 11.2. The van der Waals surface area contributed by atoms with E-state index in [1.165, 1.54) is 5.56 Å². The maximum absolute atomic E-state index is 11.2. The zero-order valence-electron chi connectivity index (χ0n) is 9.28. The van der Waals surface area contributed by atoms with Crippen molar-refractivity contribution in [1.29, 1.82) is 0 Å². The average molecular weight is 216 g/mol. The van der Waals surface area contributed by atoms with Crippen molar-refractivity contribution in [2.24, 2.45) is 5.41 Å². The van der Waals surface area contributed by atoms with Crippen LogP contribution in [0, 0.1) is 5.41 Å². The van der Waals surface area contributed by atoms with Gasteiger partial charge in [-0.15, -0.1) is 0 Å². The fourth-order valence-corrected chi connectivity index (χ4v) is 2.77. The third-order valence-electron chi connectivity index (χ3n) is 4.22. The van der Waals surface area contributed by atoms with Gasteiger partial charge < -0.3 is 5.11 Å². The molecular weight excluding hydrogens is 200 g/mol. The summed E-state index contributed by atoms with van der Waals surface area (Å²) in [5.41, 5.74) is 1.14. The summed E-state index contributed by atoms with van der Waals surface area (Å²) in [5, 5.41) is 9.24. The minimum atomic E-state index is -0.588. The van der Waals surface area contributed by atoms with E-state index >= 15 is 0 Å². The summed E-state index contributed by atoms with van der Waals surface area (Å²) in [6.07, 6.45) is 4.91. The summed E-state index contributed by atoms with van der Waals surface area (Å²) < 4.78 is 0. The summed E-state index contributed by atoms with van der Waals surface area (Å²) in [5.74, 6) is -0.588. The molecule has 0 spiro atoms. The summed E-state index contributed by atoms with van der Waals surface area (Å²) >= 11 is 0. The van der Waals surface area contributed by atoms with Gasteiger partial charge in [0.2, 0.25) is 0 Å². The molecule has 0 aromatic heterocycles. The molecule has 0 bridgehead atoms. The molecule has 2 aliphatic rings. The van der Waals surface area contributed by atoms with E-state index < -0.39 is 5.97 Å². The first-order chi connectivity index (χ1) is 7.67. The minimum Gasteiger partial charge on any atom is -0.481 e. The van der Waals surface area contributed by atoms with E-state index in [4.69, 9.17) is 0 Å². The van der Waals surface area contributed by atoms with Gasteiger partial charge >= 0.3 is 5.97 Å². The van der Waals surface area contributed by atoms with Crippen molar-refractivity contribution in [3.8, 4) is 0 Å². The van der Waals surface area contributed by atoms with Crippen LogP contribution in [0.3, 0.4) is 0 Å². The Morgan fingerprint density at radius 3 is 2.19 bits per heavy atom. The SMILES string of the molecule is O=C(O)C1(CC2(c3ccccc3)CC2)CC1. The van der Waals surface area contributed by atoms with Crippen molar-refractivity contribution in [2.45, 2.75) is 37.5 Å². The van der Waals surface area contributed by atoms with E-state index in [9.17, 15) is 9.90 Å². The highest BCUT2D eigenvalue weighted by Gasteiger charge is 2.58. The van der Waals surface area contributed by atoms with Gasteiger partial charge in [0.15, 0.2) is 0 Å². The van der Waals surface area contributed by atoms with Crippen molar-refractivity contribution in [3.63, 3.8) is 0 Å². The maximum Gasteiger partial charge on any atom is 0.309 e. The Labute approximate surface area is 95.3 Å². The molecule has 84 valence electrons. The second kappa shape index (κ2) is 3.09. The molecule has 2 fully saturated rings. The van der Waals surface area contributed by atoms with Gasteiger partial charge in [-0.1, -0.05) is 30.3 Å². The first-order valence-corrected chi connectivity index (χ1v) is 5.96. The lowest BCUT2D eigenvalue weighted by molar-refractivity contribution is -0.143. The molecule has 0 heterocycles. The zero-order valence-corrected chi connectivity index (χ0v) is 9.28. The zero-order chi connectivity index (χ0) is 11.2. The van der Waals surface area contributed by atoms with Gasteiger partial charge in [-0.3, -0.25) is 4.79 Å². The highest BCUT2D eigenvalue weighted by molar-refractivity contribution is 5.78. The highest BCUT2D eigenvalue weighted by Crippen LogP contribution is 2.62. The molecule has 0 aliphatic heterocycles. The second-order valence-corrected chi connectivity index (χ2v) is 5.41. The lowest BCUT2D eigenvalue weighted by Gasteiger charge is -2.20. The Bertz CT molecular complexity index is 414. The highest BCUT2D eigenvalue weighted by atomic mass is 16.4. The van der Waals surface area contributed by atoms with Gasteiger partial charge in [-0.25, -0.2) is 0 Å². The first kappa shape index (κ1) is 9.88. The van der Waals surface area contributed by atoms with Gasteiger partial charge in [0.05, 0.1) is 5.41 Å². The van der Waals surface area contributed by atoms with E-state index in [0.717, 1.165) is 32.1 Å². The molecule has 1 aromatic carbocycles. The lowest BCUT2D eigenvalue weighted by atomic mass is 9.84. The van der Waals surface area contributed by atoms with Gasteiger partial charge in [0, 0.05) is 0 Å². The van der Waals surface area contributed by atoms with Crippen molar-refractivity contribution < 1.29 is 9.90 Å². The van der Waals surface area contributed by atoms with Crippen molar-refractivity contribution in [2.75, 3.05) is 0 Å². The fourth-order valence-electron chi connectivity index (χ4n) is 2.77. The summed E-state index contributed by atoms with van der Waals surface area (Å²) in [6.45, 7) is 0. The number of hydrogen-bond donors (Lipinski definition) is 1. The molecule has 16 heavy (non-hydrogen) atoms. The summed E-state index contributed by atoms with van der Waals surface area (Å²) in [7, 11) is 0. The molecule has 0 unspecified atom stereocenters. The lowest BCUT2D eigenvalue weighted by Crippen LogP contribution is -2.22. The average Bonchev–Trinajstić information content (AvgIpc) is 3.18. The van der Waals surface area contributed by atoms with Gasteiger partial charge in [0.1, 0.15) is 0 Å². The Morgan fingerprint density at radius 1 is 1.12 bits per heavy atom. The van der Waals surface area contributed by atoms with E-state index in [1.807, 2.05) is 6.07 Å². The number of aliphatic carboxylic acids is 1. The van der Waals surface area contributed by atoms with Crippen molar-refractivity contribution in [1.82, 2.24) is 0 Å². The van der Waals surface area contributed by atoms with Crippen LogP contribution in [0.4, 0.5) is 0 Å². The quantitative estimate of drug-likeness (QED) is 0.840. The molecule has 2 aliphatic carbocycles. The monoisotopic (exact) mass is 216 g/mol. The molecule has 0 saturated heterocycles. The molecule has 3 rings (SSSR count). The Kier molecular flexibility index (Phi) is 1.91. The Hall–Kier alpha value is -1.31. The summed E-state index contributed by atoms with van der Waals surface area (Å²) in [4.78, 5) is 11.2. The van der Waals surface area contributed by atoms with Crippen LogP contribution < -0.4 is 0 Å². The molecule has 2 saturated carbocycles. The number of carboxylic acid groups (broad SMARTS) is 1. The van der Waals surface area contributed by atoms with Gasteiger partial charge in [-0.2, -0.15) is 0 Å². The van der Waals surface area contributed by atoms with Crippen LogP contribution in [0.2, 0.25) is 0 Å². The van der Waals surface area contributed by atoms with Crippen molar-refractivity contribution in [3.05, 3.63) is 35.9 Å². The third-order valence-corrected chi connectivity index (χ3v) is 4.22. The number of benzene rings is 1. The second-order valence-electron chi connectivity index (χ2n) is 5.41. The van der Waals surface area contributed by atoms with Crippen LogP contribution in [0.1, 0.15) is 37.7 Å². The van der Waals surface area contributed by atoms with Crippen LogP contribution in [0.5, 0.6) is 0 Å². The number of hydrogen-bond acceptors (Lipinski definition) is 1. The predicted octanol–water partition coefficient (Wildman–Crippen LogP) is 2.97. The van der Waals surface area contributed by atoms with Crippen LogP contribution >= 0.6 is 0 Å². The Morgan fingerprint density at radius 2 is 1.75 bits per heavy atom. The van der Waals surface area contributed by atoms with E-state index in [-0.39, 0.29) is 10.8 Å². The van der Waals surface area contributed by atoms with Crippen LogP contribution in [-0.2, 0) is 10.2 Å². The Balaban J connectivity index is 1.83. The fraction of sp³-hybridized carbons (Fsp3) is 0.500. The molecule has 1 N–H and O–H groups in total. The molecular formula is C14H16O2. The minimum absolute atomic E-state index is 0.191. The number of carboxylic acids is 1. The third kappa shape index (κ3) is 1.44. The smallest absolute Gasteiger partial charge is 0.309 e. The van der Waals surface area contributed by atoms with E-state index in [2.05, 4.69) is 24.3 Å². The normalized spacial score (nSPS) is 23.8. The summed E-state index contributed by atoms with van der Waals surface area (Å²) in [6, 6.07) is 10.4. The van der Waals surface area contributed by atoms with E-state index in [1.54, 1.807) is 0 Å². The van der Waals surface area contributed by atoms with Crippen LogP contribution in [0.15, 0.2) is 30.3 Å². The standard InChI is InChI=1S/C14H16O2/c15-12(16)14(8-9-14)10-13(6-7-13)11-4-2-1-3-5-11/h1-5H,6-10H2,(H,15,16). The van der Waals surface area contributed by atoms with Gasteiger partial charge in [-0.05, 0) is 43.1 Å². The van der Waals surface area contributed by atoms with Crippen LogP contribution in [-0.4, -0.2) is 11.1 Å². The molecule has 0 radical (unpaired) electrons. The van der Waals surface area contributed by atoms with Gasteiger partial charge in [0.25, 0.3) is 0 Å². The van der Waals surface area contributed by atoms with Crippen molar-refractivity contribution >= 4 is 5.97 Å². The largest absolute Gasteiger partial charge is 0.481 e. The molecule has 0 amide bonds. The topological polar surface area (TPSA) is 37.3 Å².